The molecular formula is C32H30N2O4. The maximum atomic E-state index is 11.6. The van der Waals surface area contributed by atoms with E-state index in [-0.39, 0.29) is 6.54 Å². The Hall–Kier alpha value is -4.42. The van der Waals surface area contributed by atoms with Crippen molar-refractivity contribution in [1.82, 2.24) is 9.88 Å². The molecule has 0 bridgehead atoms. The summed E-state index contributed by atoms with van der Waals surface area (Å²) in [7, 11) is 0. The van der Waals surface area contributed by atoms with Crippen molar-refractivity contribution in [3.05, 3.63) is 120 Å². The van der Waals surface area contributed by atoms with Crippen LogP contribution in [0.3, 0.4) is 0 Å². The molecule has 1 N–H and O–H groups in total. The van der Waals surface area contributed by atoms with Crippen LogP contribution in [0.15, 0.2) is 101 Å². The molecule has 0 aliphatic carbocycles. The molecule has 6 nitrogen and oxygen atoms in total. The van der Waals surface area contributed by atoms with Crippen molar-refractivity contribution in [3.63, 3.8) is 0 Å². The first-order valence-electron chi connectivity index (χ1n) is 12.7. The minimum atomic E-state index is -0.851. The van der Waals surface area contributed by atoms with Crippen molar-refractivity contribution >= 4 is 16.7 Å². The fourth-order valence-electron chi connectivity index (χ4n) is 4.58. The molecule has 0 atom stereocenters. The molecule has 6 heteroatoms. The maximum absolute atomic E-state index is 11.6. The first kappa shape index (κ1) is 25.2. The van der Waals surface area contributed by atoms with E-state index in [0.29, 0.717) is 32.0 Å². The lowest BCUT2D eigenvalue weighted by molar-refractivity contribution is -0.138. The van der Waals surface area contributed by atoms with Crippen LogP contribution in [0.4, 0.5) is 0 Å². The Morgan fingerprint density at radius 3 is 2.39 bits per heavy atom. The molecule has 0 amide bonds. The van der Waals surface area contributed by atoms with E-state index in [4.69, 9.17) is 9.15 Å². The van der Waals surface area contributed by atoms with Crippen LogP contribution >= 0.6 is 0 Å². The predicted molar refractivity (Wildman–Crippen MR) is 148 cm³/mol. The Kier molecular flexibility index (Phi) is 7.81. The quantitative estimate of drug-likeness (QED) is 0.220. The number of benzene rings is 4. The summed E-state index contributed by atoms with van der Waals surface area (Å²) in [5.74, 6) is 1.30. The van der Waals surface area contributed by atoms with Gasteiger partial charge in [0.15, 0.2) is 0 Å². The second kappa shape index (κ2) is 11.8. The molecule has 0 fully saturated rings. The molecule has 0 saturated carbocycles. The van der Waals surface area contributed by atoms with Crippen LogP contribution in [0.5, 0.6) is 5.75 Å². The third-order valence-electron chi connectivity index (χ3n) is 6.40. The van der Waals surface area contributed by atoms with Crippen LogP contribution in [0.25, 0.3) is 22.2 Å². The van der Waals surface area contributed by atoms with E-state index in [9.17, 15) is 9.90 Å². The molecule has 0 spiro atoms. The number of aliphatic carboxylic acids is 1. The highest BCUT2D eigenvalue weighted by atomic mass is 16.5. The first-order chi connectivity index (χ1) is 18.5. The monoisotopic (exact) mass is 506 g/mol. The number of aromatic nitrogens is 1. The Morgan fingerprint density at radius 1 is 0.868 bits per heavy atom. The topological polar surface area (TPSA) is 75.8 Å². The van der Waals surface area contributed by atoms with Gasteiger partial charge >= 0.3 is 5.97 Å². The van der Waals surface area contributed by atoms with E-state index in [0.717, 1.165) is 39.3 Å². The Morgan fingerprint density at radius 2 is 1.61 bits per heavy atom. The lowest BCUT2D eigenvalue weighted by Crippen LogP contribution is -2.29. The van der Waals surface area contributed by atoms with Crippen LogP contribution in [0, 0.1) is 6.92 Å². The summed E-state index contributed by atoms with van der Waals surface area (Å²) in [5, 5.41) is 11.8. The van der Waals surface area contributed by atoms with E-state index >= 15 is 0 Å². The Balaban J connectivity index is 1.21. The van der Waals surface area contributed by atoms with Gasteiger partial charge in [-0.1, -0.05) is 66.7 Å². The van der Waals surface area contributed by atoms with Crippen molar-refractivity contribution in [1.29, 1.82) is 0 Å². The first-order valence-corrected chi connectivity index (χ1v) is 12.7. The molecule has 0 unspecified atom stereocenters. The maximum Gasteiger partial charge on any atom is 0.317 e. The number of oxazole rings is 1. The molecule has 38 heavy (non-hydrogen) atoms. The fourth-order valence-corrected chi connectivity index (χ4v) is 4.58. The molecule has 0 aliphatic heterocycles. The lowest BCUT2D eigenvalue weighted by atomic mass is 10.1. The van der Waals surface area contributed by atoms with Gasteiger partial charge in [0.1, 0.15) is 11.5 Å². The summed E-state index contributed by atoms with van der Waals surface area (Å²) >= 11 is 0. The van der Waals surface area contributed by atoms with Crippen LogP contribution in [-0.2, 0) is 24.3 Å². The van der Waals surface area contributed by atoms with Gasteiger partial charge < -0.3 is 14.3 Å². The molecule has 4 aromatic carbocycles. The molecule has 0 aliphatic rings. The lowest BCUT2D eigenvalue weighted by Gasteiger charge is -2.21. The van der Waals surface area contributed by atoms with Gasteiger partial charge in [-0.15, -0.1) is 0 Å². The van der Waals surface area contributed by atoms with Crippen molar-refractivity contribution < 1.29 is 19.1 Å². The summed E-state index contributed by atoms with van der Waals surface area (Å²) in [6.07, 6.45) is 0.625. The van der Waals surface area contributed by atoms with E-state index < -0.39 is 5.97 Å². The van der Waals surface area contributed by atoms with Gasteiger partial charge in [0.25, 0.3) is 0 Å². The number of carbonyl (C=O) groups is 1. The number of carboxylic acids is 1. The highest BCUT2D eigenvalue weighted by Crippen LogP contribution is 2.23. The standard InChI is InChI=1S/C32H30N2O4/c1-23-30(33-32(38-23)27-10-3-2-4-11-27)16-17-37-29-13-7-8-24(19-29)20-34(22-31(35)36)21-25-14-15-26-9-5-6-12-28(26)18-25/h2-15,18-19H,16-17,20-22H2,1H3,(H,35,36). The Bertz CT molecular complexity index is 1530. The van der Waals surface area contributed by atoms with Gasteiger partial charge in [0.05, 0.1) is 18.8 Å². The molecule has 1 aromatic heterocycles. The predicted octanol–water partition coefficient (Wildman–Crippen LogP) is 6.51. The highest BCUT2D eigenvalue weighted by Gasteiger charge is 2.14. The Labute approximate surface area is 222 Å². The van der Waals surface area contributed by atoms with Gasteiger partial charge in [0.2, 0.25) is 5.89 Å². The number of ether oxygens (including phenoxy) is 1. The van der Waals surface area contributed by atoms with Crippen molar-refractivity contribution in [3.8, 4) is 17.2 Å². The van der Waals surface area contributed by atoms with Crippen molar-refractivity contribution in [2.75, 3.05) is 13.2 Å². The zero-order valence-electron chi connectivity index (χ0n) is 21.3. The van der Waals surface area contributed by atoms with Gasteiger partial charge in [-0.05, 0) is 59.2 Å². The third kappa shape index (κ3) is 6.47. The molecule has 0 radical (unpaired) electrons. The van der Waals surface area contributed by atoms with Gasteiger partial charge in [-0.2, -0.15) is 0 Å². The average Bonchev–Trinajstić information content (AvgIpc) is 3.29. The number of nitrogens with zero attached hydrogens (tertiary/aromatic N) is 2. The summed E-state index contributed by atoms with van der Waals surface area (Å²) in [6, 6.07) is 32.1. The normalized spacial score (nSPS) is 11.2. The van der Waals surface area contributed by atoms with Crippen LogP contribution in [0.1, 0.15) is 22.6 Å². The number of fused-ring (bicyclic) bond motifs is 1. The zero-order chi connectivity index (χ0) is 26.3. The second-order valence-corrected chi connectivity index (χ2v) is 9.35. The van der Waals surface area contributed by atoms with Crippen molar-refractivity contribution in [2.45, 2.75) is 26.4 Å². The van der Waals surface area contributed by atoms with Crippen LogP contribution < -0.4 is 4.74 Å². The zero-order valence-corrected chi connectivity index (χ0v) is 21.3. The molecule has 0 saturated heterocycles. The molecule has 5 rings (SSSR count). The number of rotatable bonds is 11. The van der Waals surface area contributed by atoms with Gasteiger partial charge in [-0.25, -0.2) is 4.98 Å². The highest BCUT2D eigenvalue weighted by molar-refractivity contribution is 5.83. The van der Waals surface area contributed by atoms with E-state index in [2.05, 4.69) is 35.3 Å². The van der Waals surface area contributed by atoms with Crippen molar-refractivity contribution in [2.24, 2.45) is 0 Å². The summed E-state index contributed by atoms with van der Waals surface area (Å²) in [5.41, 5.74) is 3.90. The van der Waals surface area contributed by atoms with E-state index in [1.54, 1.807) is 0 Å². The fraction of sp³-hybridized carbons (Fsp3) is 0.188. The number of hydrogen-bond acceptors (Lipinski definition) is 5. The van der Waals surface area contributed by atoms with Gasteiger partial charge in [-0.3, -0.25) is 9.69 Å². The smallest absolute Gasteiger partial charge is 0.317 e. The third-order valence-corrected chi connectivity index (χ3v) is 6.40. The molecule has 1 heterocycles. The van der Waals surface area contributed by atoms with Crippen LogP contribution in [-0.4, -0.2) is 34.1 Å². The van der Waals surface area contributed by atoms with Gasteiger partial charge in [0, 0.05) is 25.1 Å². The number of carboxylic acid groups (broad SMARTS) is 1. The SMILES string of the molecule is Cc1oc(-c2ccccc2)nc1CCOc1cccc(CN(CC(=O)O)Cc2ccc3ccccc3c2)c1. The van der Waals surface area contributed by atoms with E-state index in [1.807, 2.05) is 78.6 Å². The summed E-state index contributed by atoms with van der Waals surface area (Å²) in [4.78, 5) is 18.2. The molecular weight excluding hydrogens is 476 g/mol. The summed E-state index contributed by atoms with van der Waals surface area (Å²) in [6.45, 7) is 3.37. The minimum absolute atomic E-state index is 0.0485. The molecule has 192 valence electrons. The van der Waals surface area contributed by atoms with Crippen LogP contribution in [0.2, 0.25) is 0 Å². The van der Waals surface area contributed by atoms with E-state index in [1.165, 1.54) is 5.39 Å². The molecule has 5 aromatic rings. The summed E-state index contributed by atoms with van der Waals surface area (Å²) < 4.78 is 11.9. The number of aryl methyl sites for hydroxylation is 1. The minimum Gasteiger partial charge on any atom is -0.493 e. The largest absolute Gasteiger partial charge is 0.493 e. The average molecular weight is 507 g/mol. The second-order valence-electron chi connectivity index (χ2n) is 9.35. The number of hydrogen-bond donors (Lipinski definition) is 1.